The molecule has 0 heterocycles. The fraction of sp³-hybridized carbons (Fsp3) is 0.0870. The van der Waals surface area contributed by atoms with Crippen LogP contribution in [0.1, 0.15) is 31.1 Å². The first kappa shape index (κ1) is 29.5. The molecule has 0 amide bonds. The minimum atomic E-state index is -1.21. The van der Waals surface area contributed by atoms with Gasteiger partial charge in [0.1, 0.15) is 0 Å². The molecule has 14 heteroatoms. The van der Waals surface area contributed by atoms with E-state index in [2.05, 4.69) is 0 Å². The highest BCUT2D eigenvalue weighted by Gasteiger charge is 2.18. The molecule has 194 valence electrons. The summed E-state index contributed by atoms with van der Waals surface area (Å²) in [5, 5.41) is 46.5. The van der Waals surface area contributed by atoms with Gasteiger partial charge in [-0.25, -0.2) is 14.4 Å². The Morgan fingerprint density at radius 3 is 1.49 bits per heavy atom. The molecule has 14 nitrogen and oxygen atoms in total. The average molecular weight is 516 g/mol. The van der Waals surface area contributed by atoms with E-state index in [1.165, 1.54) is 26.4 Å². The van der Waals surface area contributed by atoms with Crippen molar-refractivity contribution in [2.75, 3.05) is 14.2 Å². The molecule has 0 aromatic heterocycles. The molecule has 0 aliphatic carbocycles. The van der Waals surface area contributed by atoms with Crippen LogP contribution in [0.3, 0.4) is 0 Å². The van der Waals surface area contributed by atoms with Crippen molar-refractivity contribution in [3.8, 4) is 11.5 Å². The van der Waals surface area contributed by atoms with Gasteiger partial charge in [-0.1, -0.05) is 18.2 Å². The smallest absolute Gasteiger partial charge is 0.335 e. The van der Waals surface area contributed by atoms with Crippen LogP contribution in [0.2, 0.25) is 0 Å². The Morgan fingerprint density at radius 2 is 1.08 bits per heavy atom. The molecule has 0 fully saturated rings. The highest BCUT2D eigenvalue weighted by Crippen LogP contribution is 2.28. The number of benzene rings is 3. The molecule has 3 N–H and O–H groups in total. The number of methoxy groups -OCH3 is 2. The molecule has 3 aromatic rings. The van der Waals surface area contributed by atoms with Crippen LogP contribution < -0.4 is 9.47 Å². The lowest BCUT2D eigenvalue weighted by Gasteiger charge is -2.01. The van der Waals surface area contributed by atoms with Gasteiger partial charge in [-0.15, -0.1) is 0 Å². The first-order valence-electron chi connectivity index (χ1n) is 9.82. The highest BCUT2D eigenvalue weighted by atomic mass is 16.6. The summed E-state index contributed by atoms with van der Waals surface area (Å²) in [7, 11) is 2.52. The Hall–Kier alpha value is -5.53. The number of carbonyl (C=O) groups is 3. The topological polar surface area (TPSA) is 217 Å². The predicted octanol–water partition coefficient (Wildman–Crippen LogP) is 3.99. The summed E-state index contributed by atoms with van der Waals surface area (Å²) in [5.41, 5.74) is -0.465. The van der Waals surface area contributed by atoms with Crippen molar-refractivity contribution in [3.63, 3.8) is 0 Å². The van der Waals surface area contributed by atoms with Crippen LogP contribution in [-0.4, -0.2) is 57.3 Å². The van der Waals surface area contributed by atoms with Crippen LogP contribution in [0.4, 0.5) is 11.4 Å². The Labute approximate surface area is 208 Å². The monoisotopic (exact) mass is 516 g/mol. The van der Waals surface area contributed by atoms with Crippen molar-refractivity contribution in [2.24, 2.45) is 0 Å². The van der Waals surface area contributed by atoms with Crippen molar-refractivity contribution in [1.82, 2.24) is 0 Å². The van der Waals surface area contributed by atoms with Crippen LogP contribution >= 0.6 is 0 Å². The molecule has 0 radical (unpaired) electrons. The summed E-state index contributed by atoms with van der Waals surface area (Å²) in [4.78, 5) is 50.8. The Bertz CT molecular complexity index is 1290. The summed E-state index contributed by atoms with van der Waals surface area (Å²) in [6.45, 7) is 0. The Kier molecular flexibility index (Phi) is 11.2. The zero-order valence-corrected chi connectivity index (χ0v) is 19.3. The number of ether oxygens (including phenoxy) is 2. The molecule has 0 bridgehead atoms. The maximum Gasteiger partial charge on any atom is 0.335 e. The number of nitrogens with zero attached hydrogens (tertiary/aromatic N) is 2. The molecule has 0 spiro atoms. The van der Waals surface area contributed by atoms with Gasteiger partial charge in [0, 0.05) is 18.2 Å². The van der Waals surface area contributed by atoms with Gasteiger partial charge >= 0.3 is 29.3 Å². The van der Waals surface area contributed by atoms with E-state index in [0.29, 0.717) is 5.56 Å². The van der Waals surface area contributed by atoms with E-state index in [9.17, 15) is 34.6 Å². The zero-order valence-electron chi connectivity index (χ0n) is 19.3. The van der Waals surface area contributed by atoms with Crippen LogP contribution in [0, 0.1) is 20.2 Å². The molecule has 37 heavy (non-hydrogen) atoms. The first-order chi connectivity index (χ1) is 17.4. The van der Waals surface area contributed by atoms with Gasteiger partial charge in [0.25, 0.3) is 0 Å². The molecule has 0 saturated heterocycles. The average Bonchev–Trinajstić information content (AvgIpc) is 2.88. The highest BCUT2D eigenvalue weighted by molar-refractivity contribution is 5.89. The summed E-state index contributed by atoms with van der Waals surface area (Å²) in [5.74, 6) is -3.26. The fourth-order valence-electron chi connectivity index (χ4n) is 2.51. The molecule has 0 atom stereocenters. The van der Waals surface area contributed by atoms with Crippen molar-refractivity contribution >= 4 is 29.3 Å². The molecule has 0 saturated carbocycles. The number of hydrogen-bond acceptors (Lipinski definition) is 9. The molecule has 3 aromatic carbocycles. The summed E-state index contributed by atoms with van der Waals surface area (Å²) >= 11 is 0. The second-order valence-corrected chi connectivity index (χ2v) is 6.57. The number of rotatable bonds is 7. The summed E-state index contributed by atoms with van der Waals surface area (Å²) < 4.78 is 9.40. The molecular weight excluding hydrogens is 496 g/mol. The maximum absolute atomic E-state index is 10.5. The van der Waals surface area contributed by atoms with Gasteiger partial charge in [0.2, 0.25) is 0 Å². The van der Waals surface area contributed by atoms with Crippen LogP contribution in [0.15, 0.2) is 66.7 Å². The minimum Gasteiger partial charge on any atom is -0.490 e. The third-order valence-electron chi connectivity index (χ3n) is 4.27. The van der Waals surface area contributed by atoms with E-state index < -0.39 is 27.8 Å². The third-order valence-corrected chi connectivity index (χ3v) is 4.27. The minimum absolute atomic E-state index is 0.0417. The van der Waals surface area contributed by atoms with Gasteiger partial charge in [-0.3, -0.25) is 20.2 Å². The van der Waals surface area contributed by atoms with Crippen LogP contribution in [-0.2, 0) is 0 Å². The normalized spacial score (nSPS) is 9.35. The molecule has 0 aliphatic heterocycles. The van der Waals surface area contributed by atoms with E-state index in [1.54, 1.807) is 30.3 Å². The van der Waals surface area contributed by atoms with E-state index in [0.717, 1.165) is 24.3 Å². The van der Waals surface area contributed by atoms with Crippen molar-refractivity contribution in [3.05, 3.63) is 104 Å². The molecule has 3 rings (SSSR count). The molecule has 0 aliphatic rings. The number of aromatic carboxylic acids is 3. The second-order valence-electron chi connectivity index (χ2n) is 6.57. The number of carboxylic acid groups (broad SMARTS) is 3. The Morgan fingerprint density at radius 1 is 0.622 bits per heavy atom. The van der Waals surface area contributed by atoms with Gasteiger partial charge < -0.3 is 24.8 Å². The summed E-state index contributed by atoms with van der Waals surface area (Å²) in [6, 6.07) is 15.1. The maximum atomic E-state index is 10.5. The van der Waals surface area contributed by atoms with Crippen molar-refractivity contribution < 1.29 is 49.0 Å². The van der Waals surface area contributed by atoms with Crippen LogP contribution in [0.5, 0.6) is 11.5 Å². The van der Waals surface area contributed by atoms with Gasteiger partial charge in [-0.2, -0.15) is 0 Å². The largest absolute Gasteiger partial charge is 0.490 e. The van der Waals surface area contributed by atoms with Gasteiger partial charge in [0.15, 0.2) is 11.5 Å². The summed E-state index contributed by atoms with van der Waals surface area (Å²) in [6.07, 6.45) is 0. The SMILES string of the molecule is COc1cc(C(=O)O)ccc1[N+](=O)[O-].COc1ccc(C(=O)O)cc1[N+](=O)[O-].O=C(O)c1ccccc1. The van der Waals surface area contributed by atoms with Crippen LogP contribution in [0.25, 0.3) is 0 Å². The fourth-order valence-corrected chi connectivity index (χ4v) is 2.51. The number of hydrogen-bond donors (Lipinski definition) is 3. The van der Waals surface area contributed by atoms with E-state index in [1.807, 2.05) is 0 Å². The standard InChI is InChI=1S/2C8H7NO5.C7H6O2/c1-14-7-3-2-5(8(10)11)4-6(7)9(12)13;1-14-7-4-5(8(10)11)2-3-6(7)9(12)13;8-7(9)6-4-2-1-3-5-6/h2*2-4H,1H3,(H,10,11);1-5H,(H,8,9). The first-order valence-corrected chi connectivity index (χ1v) is 9.82. The van der Waals surface area contributed by atoms with Gasteiger partial charge in [-0.05, 0) is 30.3 Å². The molecule has 0 unspecified atom stereocenters. The second kappa shape index (κ2) is 14.0. The Balaban J connectivity index is 0.000000285. The van der Waals surface area contributed by atoms with Gasteiger partial charge in [0.05, 0.1) is 40.8 Å². The lowest BCUT2D eigenvalue weighted by Crippen LogP contribution is -1.99. The van der Waals surface area contributed by atoms with E-state index in [-0.39, 0.29) is 34.0 Å². The molecular formula is C23H20N2O12. The lowest BCUT2D eigenvalue weighted by atomic mass is 10.2. The quantitative estimate of drug-likeness (QED) is 0.300. The number of nitro groups is 2. The third kappa shape index (κ3) is 8.97. The lowest BCUT2D eigenvalue weighted by molar-refractivity contribution is -0.385. The predicted molar refractivity (Wildman–Crippen MR) is 127 cm³/mol. The zero-order chi connectivity index (χ0) is 28.1. The number of carboxylic acids is 3. The number of nitro benzene ring substituents is 2. The van der Waals surface area contributed by atoms with Crippen molar-refractivity contribution in [2.45, 2.75) is 0 Å². The van der Waals surface area contributed by atoms with E-state index >= 15 is 0 Å². The van der Waals surface area contributed by atoms with E-state index in [4.69, 9.17) is 24.8 Å². The van der Waals surface area contributed by atoms with Crippen molar-refractivity contribution in [1.29, 1.82) is 0 Å².